The largest absolute Gasteiger partial charge is 0.325 e. The highest BCUT2D eigenvalue weighted by molar-refractivity contribution is 5.91. The zero-order valence-electron chi connectivity index (χ0n) is 15.1. The molecule has 1 aromatic heterocycles. The number of aromatic nitrogens is 1. The number of likely N-dealkylation sites (tertiary alicyclic amines) is 1. The first-order valence-electron chi connectivity index (χ1n) is 8.14. The number of urea groups is 1. The number of nitrogens with zero attached hydrogens (tertiary/aromatic N) is 4. The summed E-state index contributed by atoms with van der Waals surface area (Å²) in [7, 11) is 4.05. The number of hydrogen-bond donors (Lipinski definition) is 0. The van der Waals surface area contributed by atoms with Gasteiger partial charge in [-0.25, -0.2) is 9.78 Å². The number of piperidine rings is 1. The molecule has 0 bridgehead atoms. The van der Waals surface area contributed by atoms with E-state index in [1.54, 1.807) is 0 Å². The van der Waals surface area contributed by atoms with Crippen LogP contribution in [0.1, 0.15) is 30.5 Å². The van der Waals surface area contributed by atoms with Crippen molar-refractivity contribution in [2.75, 3.05) is 45.2 Å². The minimum Gasteiger partial charge on any atom is -0.324 e. The Morgan fingerprint density at radius 1 is 1.08 bits per heavy atom. The molecule has 0 spiro atoms. The van der Waals surface area contributed by atoms with Gasteiger partial charge in [-0.2, -0.15) is 0 Å². The molecule has 0 saturated carbocycles. The average molecular weight is 377 g/mol. The maximum absolute atomic E-state index is 12.9. The Labute approximate surface area is 158 Å². The van der Waals surface area contributed by atoms with Crippen LogP contribution in [0.25, 0.3) is 0 Å². The molecule has 24 heavy (non-hydrogen) atoms. The standard InChI is InChI=1S/C17H28N4O.2ClH/c1-14-12-15(2)18-16(13-14)21(11-10-19(3)4)17(22)20-8-6-5-7-9-20;;/h12-13H,5-11H2,1-4H3;2*1H. The van der Waals surface area contributed by atoms with Crippen molar-refractivity contribution in [2.24, 2.45) is 0 Å². The third kappa shape index (κ3) is 6.46. The number of aryl methyl sites for hydroxylation is 2. The summed E-state index contributed by atoms with van der Waals surface area (Å²) in [4.78, 5) is 23.4. The summed E-state index contributed by atoms with van der Waals surface area (Å²) < 4.78 is 0. The smallest absolute Gasteiger partial charge is 0.324 e. The van der Waals surface area contributed by atoms with Crippen LogP contribution in [0.3, 0.4) is 0 Å². The fourth-order valence-electron chi connectivity index (χ4n) is 2.82. The maximum Gasteiger partial charge on any atom is 0.325 e. The molecule has 1 fully saturated rings. The molecular formula is C17H30Cl2N4O. The Morgan fingerprint density at radius 3 is 2.25 bits per heavy atom. The van der Waals surface area contributed by atoms with E-state index in [0.717, 1.165) is 49.6 Å². The summed E-state index contributed by atoms with van der Waals surface area (Å²) in [5, 5.41) is 0. The van der Waals surface area contributed by atoms with Crippen molar-refractivity contribution < 1.29 is 4.79 Å². The predicted octanol–water partition coefficient (Wildman–Crippen LogP) is 3.52. The number of carbonyl (C=O) groups excluding carboxylic acids is 1. The molecule has 1 aliphatic heterocycles. The molecule has 5 nitrogen and oxygen atoms in total. The molecule has 7 heteroatoms. The molecule has 1 aliphatic rings. The SMILES string of the molecule is Cc1cc(C)nc(N(CCN(C)C)C(=O)N2CCCCC2)c1.Cl.Cl. The first-order valence-corrected chi connectivity index (χ1v) is 8.14. The van der Waals surface area contributed by atoms with Crippen molar-refractivity contribution in [2.45, 2.75) is 33.1 Å². The monoisotopic (exact) mass is 376 g/mol. The second-order valence-electron chi connectivity index (χ2n) is 6.43. The van der Waals surface area contributed by atoms with Gasteiger partial charge in [0.25, 0.3) is 0 Å². The highest BCUT2D eigenvalue weighted by Crippen LogP contribution is 2.18. The number of carbonyl (C=O) groups is 1. The first-order chi connectivity index (χ1) is 10.5. The first kappa shape index (κ1) is 23.0. The Kier molecular flexibility index (Phi) is 10.3. The number of rotatable bonds is 4. The van der Waals surface area contributed by atoms with Crippen LogP contribution in [0, 0.1) is 13.8 Å². The van der Waals surface area contributed by atoms with E-state index in [2.05, 4.69) is 9.88 Å². The second-order valence-corrected chi connectivity index (χ2v) is 6.43. The predicted molar refractivity (Wildman–Crippen MR) is 105 cm³/mol. The highest BCUT2D eigenvalue weighted by atomic mass is 35.5. The van der Waals surface area contributed by atoms with Gasteiger partial charge in [0, 0.05) is 31.9 Å². The fourth-order valence-corrected chi connectivity index (χ4v) is 2.82. The molecule has 0 radical (unpaired) electrons. The van der Waals surface area contributed by atoms with E-state index in [-0.39, 0.29) is 30.8 Å². The van der Waals surface area contributed by atoms with Gasteiger partial charge in [-0.05, 0) is 64.9 Å². The van der Waals surface area contributed by atoms with Gasteiger partial charge in [0.05, 0.1) is 0 Å². The molecule has 2 amide bonds. The maximum atomic E-state index is 12.9. The molecule has 0 aromatic carbocycles. The van der Waals surface area contributed by atoms with E-state index in [9.17, 15) is 4.79 Å². The van der Waals surface area contributed by atoms with Gasteiger partial charge >= 0.3 is 6.03 Å². The lowest BCUT2D eigenvalue weighted by Crippen LogP contribution is -2.48. The van der Waals surface area contributed by atoms with Crippen LogP contribution in [0.2, 0.25) is 0 Å². The second kappa shape index (κ2) is 10.7. The van der Waals surface area contributed by atoms with Gasteiger partial charge in [-0.3, -0.25) is 4.90 Å². The lowest BCUT2D eigenvalue weighted by Gasteiger charge is -2.33. The highest BCUT2D eigenvalue weighted by Gasteiger charge is 2.24. The Bertz CT molecular complexity index is 499. The summed E-state index contributed by atoms with van der Waals surface area (Å²) in [6.45, 7) is 7.25. The quantitative estimate of drug-likeness (QED) is 0.806. The topological polar surface area (TPSA) is 39.7 Å². The van der Waals surface area contributed by atoms with Crippen LogP contribution in [-0.4, -0.2) is 61.1 Å². The number of amides is 2. The van der Waals surface area contributed by atoms with E-state index in [1.165, 1.54) is 6.42 Å². The summed E-state index contributed by atoms with van der Waals surface area (Å²) in [5.74, 6) is 0.773. The number of pyridine rings is 1. The lowest BCUT2D eigenvalue weighted by molar-refractivity contribution is 0.192. The Balaban J connectivity index is 0.00000264. The van der Waals surface area contributed by atoms with Gasteiger partial charge in [0.2, 0.25) is 0 Å². The van der Waals surface area contributed by atoms with Crippen LogP contribution >= 0.6 is 24.8 Å². The van der Waals surface area contributed by atoms with Gasteiger partial charge < -0.3 is 9.80 Å². The lowest BCUT2D eigenvalue weighted by atomic mass is 10.1. The third-order valence-corrected chi connectivity index (χ3v) is 3.99. The van der Waals surface area contributed by atoms with Crippen LogP contribution in [0.15, 0.2) is 12.1 Å². The molecule has 0 atom stereocenters. The number of halogens is 2. The van der Waals surface area contributed by atoms with E-state index in [1.807, 2.05) is 49.9 Å². The summed E-state index contributed by atoms with van der Waals surface area (Å²) in [5.41, 5.74) is 2.10. The van der Waals surface area contributed by atoms with Gasteiger partial charge in [-0.15, -0.1) is 24.8 Å². The molecule has 2 rings (SSSR count). The van der Waals surface area contributed by atoms with E-state index in [4.69, 9.17) is 0 Å². The van der Waals surface area contributed by atoms with Gasteiger partial charge in [0.15, 0.2) is 0 Å². The van der Waals surface area contributed by atoms with Crippen molar-refractivity contribution in [1.82, 2.24) is 14.8 Å². The molecule has 138 valence electrons. The molecule has 0 aliphatic carbocycles. The van der Waals surface area contributed by atoms with Gasteiger partial charge in [-0.1, -0.05) is 0 Å². The van der Waals surface area contributed by atoms with Crippen molar-refractivity contribution >= 4 is 36.7 Å². The van der Waals surface area contributed by atoms with Gasteiger partial charge in [0.1, 0.15) is 5.82 Å². The van der Waals surface area contributed by atoms with E-state index < -0.39 is 0 Å². The van der Waals surface area contributed by atoms with E-state index >= 15 is 0 Å². The van der Waals surface area contributed by atoms with E-state index in [0.29, 0.717) is 6.54 Å². The number of likely N-dealkylation sites (N-methyl/N-ethyl adjacent to an activating group) is 1. The number of anilines is 1. The summed E-state index contributed by atoms with van der Waals surface area (Å²) in [6.07, 6.45) is 3.43. The fraction of sp³-hybridized carbons (Fsp3) is 0.647. The van der Waals surface area contributed by atoms with Crippen molar-refractivity contribution in [3.05, 3.63) is 23.4 Å². The Hall–Kier alpha value is -1.04. The molecule has 0 N–H and O–H groups in total. The third-order valence-electron chi connectivity index (χ3n) is 3.99. The molecule has 0 unspecified atom stereocenters. The molecule has 2 heterocycles. The number of hydrogen-bond acceptors (Lipinski definition) is 3. The van der Waals surface area contributed by atoms with Crippen LogP contribution in [0.5, 0.6) is 0 Å². The minimum atomic E-state index is 0. The normalized spacial score (nSPS) is 14.0. The van der Waals surface area contributed by atoms with Crippen molar-refractivity contribution in [3.63, 3.8) is 0 Å². The summed E-state index contributed by atoms with van der Waals surface area (Å²) in [6, 6.07) is 4.14. The Morgan fingerprint density at radius 2 is 1.71 bits per heavy atom. The molecule has 1 aromatic rings. The zero-order chi connectivity index (χ0) is 16.1. The van der Waals surface area contributed by atoms with Crippen molar-refractivity contribution in [3.8, 4) is 0 Å². The van der Waals surface area contributed by atoms with Crippen molar-refractivity contribution in [1.29, 1.82) is 0 Å². The van der Waals surface area contributed by atoms with Crippen LogP contribution in [0.4, 0.5) is 10.6 Å². The molecular weight excluding hydrogens is 347 g/mol. The summed E-state index contributed by atoms with van der Waals surface area (Å²) >= 11 is 0. The molecule has 1 saturated heterocycles. The minimum absolute atomic E-state index is 0. The average Bonchev–Trinajstić information content (AvgIpc) is 2.47. The van der Waals surface area contributed by atoms with Crippen LogP contribution in [-0.2, 0) is 0 Å². The zero-order valence-corrected chi connectivity index (χ0v) is 16.8. The van der Waals surface area contributed by atoms with Crippen LogP contribution < -0.4 is 4.90 Å².